The summed E-state index contributed by atoms with van der Waals surface area (Å²) in [5, 5.41) is 7.41. The predicted molar refractivity (Wildman–Crippen MR) is 313 cm³/mol. The molecule has 0 heterocycles. The van der Waals surface area contributed by atoms with Crippen molar-refractivity contribution in [3.8, 4) is 55.6 Å². The Kier molecular flexibility index (Phi) is 10.5. The molecule has 0 saturated heterocycles. The van der Waals surface area contributed by atoms with Crippen LogP contribution in [0.1, 0.15) is 22.3 Å². The highest BCUT2D eigenvalue weighted by molar-refractivity contribution is 6.22. The van der Waals surface area contributed by atoms with E-state index in [4.69, 9.17) is 0 Å². The minimum Gasteiger partial charge on any atom is -0.310 e. The van der Waals surface area contributed by atoms with E-state index < -0.39 is 5.41 Å². The summed E-state index contributed by atoms with van der Waals surface area (Å²) >= 11 is 0. The molecule has 14 rings (SSSR count). The predicted octanol–water partition coefficient (Wildman–Crippen LogP) is 19.6. The Labute approximate surface area is 432 Å². The van der Waals surface area contributed by atoms with Gasteiger partial charge in [-0.3, -0.25) is 0 Å². The van der Waals surface area contributed by atoms with E-state index in [1.807, 2.05) is 0 Å². The molecule has 1 nitrogen and oxygen atoms in total. The van der Waals surface area contributed by atoms with Crippen molar-refractivity contribution in [2.75, 3.05) is 4.90 Å². The third-order valence-corrected chi connectivity index (χ3v) is 15.5. The zero-order chi connectivity index (χ0) is 49.0. The molecule has 74 heavy (non-hydrogen) atoms. The van der Waals surface area contributed by atoms with Crippen molar-refractivity contribution >= 4 is 49.4 Å². The van der Waals surface area contributed by atoms with Crippen LogP contribution in [0.25, 0.3) is 88.0 Å². The maximum atomic E-state index is 2.51. The second-order valence-corrected chi connectivity index (χ2v) is 19.5. The number of benzene rings is 13. The second kappa shape index (κ2) is 17.9. The van der Waals surface area contributed by atoms with E-state index in [0.717, 1.165) is 17.1 Å². The number of nitrogens with zero attached hydrogens (tertiary/aromatic N) is 1. The second-order valence-electron chi connectivity index (χ2n) is 19.5. The first-order valence-electron chi connectivity index (χ1n) is 25.7. The number of hydrogen-bond acceptors (Lipinski definition) is 1. The fourth-order valence-electron chi connectivity index (χ4n) is 12.2. The lowest BCUT2D eigenvalue weighted by Gasteiger charge is -2.34. The summed E-state index contributed by atoms with van der Waals surface area (Å²) in [4.78, 5) is 2.51. The van der Waals surface area contributed by atoms with Crippen molar-refractivity contribution in [3.63, 3.8) is 0 Å². The van der Waals surface area contributed by atoms with Crippen molar-refractivity contribution < 1.29 is 0 Å². The van der Waals surface area contributed by atoms with Crippen LogP contribution < -0.4 is 4.90 Å². The van der Waals surface area contributed by atoms with Crippen LogP contribution in [0.2, 0.25) is 0 Å². The van der Waals surface area contributed by atoms with Crippen molar-refractivity contribution in [3.05, 3.63) is 320 Å². The van der Waals surface area contributed by atoms with Crippen LogP contribution >= 0.6 is 0 Å². The van der Waals surface area contributed by atoms with Crippen molar-refractivity contribution in [2.45, 2.75) is 5.41 Å². The van der Waals surface area contributed by atoms with E-state index in [9.17, 15) is 0 Å². The van der Waals surface area contributed by atoms with Gasteiger partial charge in [0.05, 0.1) is 11.1 Å². The summed E-state index contributed by atoms with van der Waals surface area (Å²) in [6.07, 6.45) is 0. The molecule has 346 valence electrons. The van der Waals surface area contributed by atoms with Gasteiger partial charge in [0.2, 0.25) is 0 Å². The van der Waals surface area contributed by atoms with E-state index in [2.05, 4.69) is 302 Å². The Morgan fingerprint density at radius 2 is 0.716 bits per heavy atom. The molecule has 0 spiro atoms. The van der Waals surface area contributed by atoms with Crippen LogP contribution in [-0.4, -0.2) is 0 Å². The molecule has 0 fully saturated rings. The van der Waals surface area contributed by atoms with Crippen molar-refractivity contribution in [1.82, 2.24) is 0 Å². The average molecular weight is 940 g/mol. The van der Waals surface area contributed by atoms with Crippen molar-refractivity contribution in [2.24, 2.45) is 0 Å². The lowest BCUT2D eigenvalue weighted by atomic mass is 9.68. The summed E-state index contributed by atoms with van der Waals surface area (Å²) in [5.74, 6) is 0. The van der Waals surface area contributed by atoms with E-state index in [0.29, 0.717) is 0 Å². The van der Waals surface area contributed by atoms with Crippen LogP contribution in [0.3, 0.4) is 0 Å². The average Bonchev–Trinajstić information content (AvgIpc) is 3.79. The quantitative estimate of drug-likeness (QED) is 0.130. The zero-order valence-corrected chi connectivity index (χ0v) is 40.7. The molecule has 13 aromatic rings. The monoisotopic (exact) mass is 939 g/mol. The van der Waals surface area contributed by atoms with Gasteiger partial charge in [-0.2, -0.15) is 0 Å². The molecule has 0 saturated carbocycles. The summed E-state index contributed by atoms with van der Waals surface area (Å²) < 4.78 is 0. The summed E-state index contributed by atoms with van der Waals surface area (Å²) in [6, 6.07) is 110. The first-order chi connectivity index (χ1) is 36.7. The highest BCUT2D eigenvalue weighted by Gasteiger charge is 2.47. The molecule has 0 bridgehead atoms. The Balaban J connectivity index is 1.00. The molecule has 0 atom stereocenters. The van der Waals surface area contributed by atoms with Crippen LogP contribution in [0.4, 0.5) is 17.1 Å². The van der Waals surface area contributed by atoms with Crippen LogP contribution in [0, 0.1) is 0 Å². The van der Waals surface area contributed by atoms with E-state index in [-0.39, 0.29) is 0 Å². The normalized spacial score (nSPS) is 12.4. The van der Waals surface area contributed by atoms with Gasteiger partial charge in [0.15, 0.2) is 0 Å². The third-order valence-electron chi connectivity index (χ3n) is 15.5. The minimum atomic E-state index is -0.549. The Morgan fingerprint density at radius 3 is 1.38 bits per heavy atom. The van der Waals surface area contributed by atoms with E-state index in [1.165, 1.54) is 110 Å². The maximum Gasteiger partial charge on any atom is 0.0714 e. The molecular formula is C73H49N. The maximum absolute atomic E-state index is 2.51. The van der Waals surface area contributed by atoms with Gasteiger partial charge in [0.1, 0.15) is 0 Å². The van der Waals surface area contributed by atoms with Crippen molar-refractivity contribution in [1.29, 1.82) is 0 Å². The van der Waals surface area contributed by atoms with E-state index in [1.54, 1.807) is 0 Å². The molecule has 0 amide bonds. The minimum absolute atomic E-state index is 0.549. The van der Waals surface area contributed by atoms with Gasteiger partial charge in [0.25, 0.3) is 0 Å². The smallest absolute Gasteiger partial charge is 0.0714 e. The van der Waals surface area contributed by atoms with Gasteiger partial charge in [-0.15, -0.1) is 0 Å². The molecule has 0 aliphatic heterocycles. The number of anilines is 3. The number of rotatable bonds is 9. The van der Waals surface area contributed by atoms with Crippen LogP contribution in [0.15, 0.2) is 297 Å². The van der Waals surface area contributed by atoms with Gasteiger partial charge < -0.3 is 4.90 Å². The molecule has 1 aliphatic carbocycles. The zero-order valence-electron chi connectivity index (χ0n) is 40.7. The molecule has 1 aliphatic rings. The summed E-state index contributed by atoms with van der Waals surface area (Å²) in [5.41, 5.74) is 19.9. The first-order valence-corrected chi connectivity index (χ1v) is 25.7. The highest BCUT2D eigenvalue weighted by Crippen LogP contribution is 2.60. The van der Waals surface area contributed by atoms with Crippen LogP contribution in [-0.2, 0) is 5.41 Å². The van der Waals surface area contributed by atoms with Gasteiger partial charge in [-0.25, -0.2) is 0 Å². The molecule has 0 unspecified atom stereocenters. The largest absolute Gasteiger partial charge is 0.310 e. The van der Waals surface area contributed by atoms with Gasteiger partial charge in [0, 0.05) is 16.9 Å². The van der Waals surface area contributed by atoms with Crippen LogP contribution in [0.5, 0.6) is 0 Å². The Bertz CT molecular complexity index is 4160. The third kappa shape index (κ3) is 7.00. The topological polar surface area (TPSA) is 3.24 Å². The number of hydrogen-bond donors (Lipinski definition) is 0. The fraction of sp³-hybridized carbons (Fsp3) is 0.0137. The first kappa shape index (κ1) is 43.2. The number of fused-ring (bicyclic) bond motifs is 7. The molecule has 0 radical (unpaired) electrons. The highest BCUT2D eigenvalue weighted by atomic mass is 15.1. The molecule has 13 aromatic carbocycles. The fourth-order valence-corrected chi connectivity index (χ4v) is 12.2. The SMILES string of the molecule is c1ccc(-c2c(-c3ccccc3)c3cc(N(c4ccc(-c5ccc(-c6ccc7ccccc7c6)cc5)cc4)c4cccc5c4-c4ccccc4C5(c4ccccc4)c4ccccc4)ccc3c3ccccc23)cc1. The summed E-state index contributed by atoms with van der Waals surface area (Å²) in [6.45, 7) is 0. The lowest BCUT2D eigenvalue weighted by Crippen LogP contribution is -2.28. The molecular weight excluding hydrogens is 891 g/mol. The molecule has 0 N–H and O–H groups in total. The molecule has 0 aromatic heterocycles. The Hall–Kier alpha value is -9.56. The van der Waals surface area contributed by atoms with Gasteiger partial charge >= 0.3 is 0 Å². The van der Waals surface area contributed by atoms with Gasteiger partial charge in [-0.1, -0.05) is 261 Å². The molecule has 1 heteroatoms. The Morgan fingerprint density at radius 1 is 0.243 bits per heavy atom. The standard InChI is InChI=1S/C73H49N/c1-5-21-54(22-6-1)70-64-31-16-15-30-62(64)63-47-46-61(49-66(63)71(70)55-23-7-2-8-24-55)74(60-44-42-52(43-45-60)51-36-38-53(39-37-51)57-41-40-50-20-13-14-25-56(50)48-57)69-35-19-34-68-72(69)65-32-17-18-33-67(65)73(68,58-26-9-3-10-27-58)59-28-11-4-12-29-59/h1-49H. The van der Waals surface area contributed by atoms with Gasteiger partial charge in [-0.05, 0) is 141 Å². The lowest BCUT2D eigenvalue weighted by molar-refractivity contribution is 0.768. The van der Waals surface area contributed by atoms with E-state index >= 15 is 0 Å². The summed E-state index contributed by atoms with van der Waals surface area (Å²) in [7, 11) is 0.